The van der Waals surface area contributed by atoms with E-state index in [0.717, 1.165) is 13.2 Å². The van der Waals surface area contributed by atoms with Crippen LogP contribution in [-0.4, -0.2) is 13.2 Å². The zero-order valence-corrected chi connectivity index (χ0v) is 12.1. The number of benzene rings is 1. The summed E-state index contributed by atoms with van der Waals surface area (Å²) in [6.07, 6.45) is 8.79. The molecule has 0 radical (unpaired) electrons. The second-order valence-corrected chi connectivity index (χ2v) is 5.12. The van der Waals surface area contributed by atoms with E-state index in [2.05, 4.69) is 38.1 Å². The van der Waals surface area contributed by atoms with Crippen molar-refractivity contribution in [2.45, 2.75) is 58.8 Å². The SMILES string of the molecule is CCCCCCOCCCCc1ccc(C)cc1. The van der Waals surface area contributed by atoms with Gasteiger partial charge in [-0.2, -0.15) is 0 Å². The molecule has 0 spiro atoms. The minimum absolute atomic E-state index is 0.929. The van der Waals surface area contributed by atoms with E-state index in [1.807, 2.05) is 0 Å². The highest BCUT2D eigenvalue weighted by atomic mass is 16.5. The van der Waals surface area contributed by atoms with Gasteiger partial charge in [0.1, 0.15) is 0 Å². The molecule has 0 atom stereocenters. The van der Waals surface area contributed by atoms with Crippen molar-refractivity contribution in [3.05, 3.63) is 35.4 Å². The first kappa shape index (κ1) is 15.2. The largest absolute Gasteiger partial charge is 0.381 e. The van der Waals surface area contributed by atoms with E-state index in [4.69, 9.17) is 4.74 Å². The fourth-order valence-corrected chi connectivity index (χ4v) is 2.02. The Morgan fingerprint density at radius 3 is 2.17 bits per heavy atom. The lowest BCUT2D eigenvalue weighted by atomic mass is 10.1. The highest BCUT2D eigenvalue weighted by Crippen LogP contribution is 2.07. The molecule has 0 unspecified atom stereocenters. The van der Waals surface area contributed by atoms with E-state index in [9.17, 15) is 0 Å². The summed E-state index contributed by atoms with van der Waals surface area (Å²) < 4.78 is 5.64. The lowest BCUT2D eigenvalue weighted by Crippen LogP contribution is -1.98. The average Bonchev–Trinajstić information content (AvgIpc) is 2.39. The number of hydrogen-bond donors (Lipinski definition) is 0. The maximum absolute atomic E-state index is 5.64. The number of rotatable bonds is 10. The van der Waals surface area contributed by atoms with Crippen LogP contribution in [0, 0.1) is 6.92 Å². The summed E-state index contributed by atoms with van der Waals surface area (Å²) in [5.74, 6) is 0. The second-order valence-electron chi connectivity index (χ2n) is 5.12. The molecule has 1 rings (SSSR count). The number of hydrogen-bond acceptors (Lipinski definition) is 1. The molecule has 0 saturated carbocycles. The molecular formula is C17H28O. The fourth-order valence-electron chi connectivity index (χ4n) is 2.02. The first-order valence-electron chi connectivity index (χ1n) is 7.46. The molecule has 0 bridgehead atoms. The first-order chi connectivity index (χ1) is 8.83. The van der Waals surface area contributed by atoms with E-state index in [1.165, 1.54) is 56.1 Å². The Labute approximate surface area is 113 Å². The molecule has 102 valence electrons. The zero-order chi connectivity index (χ0) is 13.1. The topological polar surface area (TPSA) is 9.23 Å². The van der Waals surface area contributed by atoms with Crippen molar-refractivity contribution in [3.63, 3.8) is 0 Å². The molecule has 0 amide bonds. The molecule has 18 heavy (non-hydrogen) atoms. The standard InChI is InChI=1S/C17H28O/c1-3-4-5-7-14-18-15-8-6-9-17-12-10-16(2)11-13-17/h10-13H,3-9,14-15H2,1-2H3. The monoisotopic (exact) mass is 248 g/mol. The molecule has 0 fully saturated rings. The lowest BCUT2D eigenvalue weighted by Gasteiger charge is -2.04. The Bertz CT molecular complexity index is 289. The number of ether oxygens (including phenoxy) is 1. The molecular weight excluding hydrogens is 220 g/mol. The normalized spacial score (nSPS) is 10.8. The van der Waals surface area contributed by atoms with Gasteiger partial charge in [0.05, 0.1) is 0 Å². The first-order valence-corrected chi connectivity index (χ1v) is 7.46. The molecule has 1 aromatic carbocycles. The highest BCUT2D eigenvalue weighted by Gasteiger charge is 1.94. The van der Waals surface area contributed by atoms with Crippen molar-refractivity contribution in [1.29, 1.82) is 0 Å². The van der Waals surface area contributed by atoms with Gasteiger partial charge in [-0.1, -0.05) is 56.0 Å². The Morgan fingerprint density at radius 1 is 0.833 bits per heavy atom. The van der Waals surface area contributed by atoms with Crippen LogP contribution in [0.1, 0.15) is 56.6 Å². The predicted octanol–water partition coefficient (Wildman–Crippen LogP) is 4.91. The van der Waals surface area contributed by atoms with Gasteiger partial charge < -0.3 is 4.74 Å². The zero-order valence-electron chi connectivity index (χ0n) is 12.1. The minimum atomic E-state index is 0.929. The maximum Gasteiger partial charge on any atom is 0.0466 e. The Hall–Kier alpha value is -0.820. The summed E-state index contributed by atoms with van der Waals surface area (Å²) in [5.41, 5.74) is 2.79. The average molecular weight is 248 g/mol. The van der Waals surface area contributed by atoms with Crippen LogP contribution in [0.3, 0.4) is 0 Å². The summed E-state index contributed by atoms with van der Waals surface area (Å²) in [5, 5.41) is 0. The summed E-state index contributed by atoms with van der Waals surface area (Å²) in [7, 11) is 0. The Kier molecular flexibility index (Phi) is 8.58. The van der Waals surface area contributed by atoms with Crippen molar-refractivity contribution in [2.24, 2.45) is 0 Å². The highest BCUT2D eigenvalue weighted by molar-refractivity contribution is 5.21. The molecule has 0 aromatic heterocycles. The molecule has 0 aliphatic rings. The van der Waals surface area contributed by atoms with Gasteiger partial charge in [-0.15, -0.1) is 0 Å². The number of aryl methyl sites for hydroxylation is 2. The summed E-state index contributed by atoms with van der Waals surface area (Å²) >= 11 is 0. The smallest absolute Gasteiger partial charge is 0.0466 e. The van der Waals surface area contributed by atoms with Crippen LogP contribution in [0.25, 0.3) is 0 Å². The van der Waals surface area contributed by atoms with Gasteiger partial charge in [0.25, 0.3) is 0 Å². The molecule has 0 N–H and O–H groups in total. The van der Waals surface area contributed by atoms with E-state index < -0.39 is 0 Å². The van der Waals surface area contributed by atoms with Gasteiger partial charge in [-0.25, -0.2) is 0 Å². The molecule has 0 aliphatic carbocycles. The third-order valence-corrected chi connectivity index (χ3v) is 3.27. The summed E-state index contributed by atoms with van der Waals surface area (Å²) in [6.45, 7) is 6.25. The predicted molar refractivity (Wildman–Crippen MR) is 79.1 cm³/mol. The molecule has 0 heterocycles. The van der Waals surface area contributed by atoms with Gasteiger partial charge in [0.2, 0.25) is 0 Å². The quantitative estimate of drug-likeness (QED) is 0.534. The third kappa shape index (κ3) is 7.50. The van der Waals surface area contributed by atoms with Gasteiger partial charge in [0.15, 0.2) is 0 Å². The van der Waals surface area contributed by atoms with Crippen molar-refractivity contribution in [2.75, 3.05) is 13.2 Å². The van der Waals surface area contributed by atoms with Crippen molar-refractivity contribution in [1.82, 2.24) is 0 Å². The van der Waals surface area contributed by atoms with Crippen molar-refractivity contribution in [3.8, 4) is 0 Å². The summed E-state index contributed by atoms with van der Waals surface area (Å²) in [4.78, 5) is 0. The van der Waals surface area contributed by atoms with Crippen molar-refractivity contribution < 1.29 is 4.74 Å². The Balaban J connectivity index is 1.91. The molecule has 0 aliphatic heterocycles. The van der Waals surface area contributed by atoms with Gasteiger partial charge >= 0.3 is 0 Å². The second kappa shape index (κ2) is 10.1. The van der Waals surface area contributed by atoms with Crippen LogP contribution in [0.4, 0.5) is 0 Å². The van der Waals surface area contributed by atoms with Crippen molar-refractivity contribution >= 4 is 0 Å². The third-order valence-electron chi connectivity index (χ3n) is 3.27. The summed E-state index contributed by atoms with van der Waals surface area (Å²) in [6, 6.07) is 8.86. The Morgan fingerprint density at radius 2 is 1.50 bits per heavy atom. The van der Waals surface area contributed by atoms with Gasteiger partial charge in [-0.05, 0) is 38.2 Å². The van der Waals surface area contributed by atoms with Gasteiger partial charge in [-0.3, -0.25) is 0 Å². The maximum atomic E-state index is 5.64. The van der Waals surface area contributed by atoms with Crippen LogP contribution < -0.4 is 0 Å². The molecule has 1 nitrogen and oxygen atoms in total. The van der Waals surface area contributed by atoms with E-state index in [1.54, 1.807) is 0 Å². The van der Waals surface area contributed by atoms with Crippen LogP contribution in [0.2, 0.25) is 0 Å². The number of unbranched alkanes of at least 4 members (excludes halogenated alkanes) is 4. The molecule has 1 aromatic rings. The van der Waals surface area contributed by atoms with Gasteiger partial charge in [0, 0.05) is 13.2 Å². The molecule has 1 heteroatoms. The minimum Gasteiger partial charge on any atom is -0.381 e. The van der Waals surface area contributed by atoms with E-state index >= 15 is 0 Å². The van der Waals surface area contributed by atoms with Crippen LogP contribution in [-0.2, 0) is 11.2 Å². The van der Waals surface area contributed by atoms with Crippen LogP contribution in [0.15, 0.2) is 24.3 Å². The molecule has 0 saturated heterocycles. The fraction of sp³-hybridized carbons (Fsp3) is 0.647. The van der Waals surface area contributed by atoms with Crippen LogP contribution >= 0.6 is 0 Å². The van der Waals surface area contributed by atoms with Crippen LogP contribution in [0.5, 0.6) is 0 Å². The van der Waals surface area contributed by atoms with E-state index in [0.29, 0.717) is 0 Å². The van der Waals surface area contributed by atoms with E-state index in [-0.39, 0.29) is 0 Å². The lowest BCUT2D eigenvalue weighted by molar-refractivity contribution is 0.126.